The molecule has 0 unspecified atom stereocenters. The number of piperazine rings is 1. The maximum absolute atomic E-state index is 12.3. The molecule has 8 heteroatoms. The average molecular weight is 309 g/mol. The van der Waals surface area contributed by atoms with Crippen LogP contribution < -0.4 is 5.32 Å². The Kier molecular flexibility index (Phi) is 4.16. The molecule has 0 aromatic carbocycles. The first-order valence-corrected chi connectivity index (χ1v) is 8.01. The Morgan fingerprint density at radius 1 is 1.29 bits per heavy atom. The van der Waals surface area contributed by atoms with Crippen molar-refractivity contribution in [3.8, 4) is 0 Å². The van der Waals surface area contributed by atoms with Gasteiger partial charge in [0.25, 0.3) is 5.91 Å². The summed E-state index contributed by atoms with van der Waals surface area (Å²) >= 11 is 1.15. The van der Waals surface area contributed by atoms with Gasteiger partial charge in [-0.2, -0.15) is 0 Å². The Labute approximate surface area is 127 Å². The van der Waals surface area contributed by atoms with E-state index in [-0.39, 0.29) is 11.8 Å². The van der Waals surface area contributed by atoms with Crippen molar-refractivity contribution < 1.29 is 9.59 Å². The van der Waals surface area contributed by atoms with Gasteiger partial charge in [-0.1, -0.05) is 4.49 Å². The first-order chi connectivity index (χ1) is 10.1. The summed E-state index contributed by atoms with van der Waals surface area (Å²) in [6.45, 7) is 4.98. The largest absolute Gasteiger partial charge is 0.352 e. The molecule has 114 valence electrons. The van der Waals surface area contributed by atoms with Crippen molar-refractivity contribution in [1.29, 1.82) is 0 Å². The van der Waals surface area contributed by atoms with Gasteiger partial charge in [-0.25, -0.2) is 0 Å². The maximum Gasteiger partial charge on any atom is 0.267 e. The maximum atomic E-state index is 12.3. The fourth-order valence-electron chi connectivity index (χ4n) is 2.38. The third-order valence-electron chi connectivity index (χ3n) is 3.81. The monoisotopic (exact) mass is 309 g/mol. The Bertz CT molecular complexity index is 534. The molecule has 21 heavy (non-hydrogen) atoms. The van der Waals surface area contributed by atoms with Crippen LogP contribution in [0.5, 0.6) is 0 Å². The summed E-state index contributed by atoms with van der Waals surface area (Å²) in [4.78, 5) is 28.6. The molecule has 0 bridgehead atoms. The minimum atomic E-state index is 0.00424. The smallest absolute Gasteiger partial charge is 0.267 e. The van der Waals surface area contributed by atoms with Gasteiger partial charge in [0.05, 0.1) is 12.2 Å². The van der Waals surface area contributed by atoms with Crippen molar-refractivity contribution in [2.45, 2.75) is 25.8 Å². The molecule has 3 rings (SSSR count). The second-order valence-corrected chi connectivity index (χ2v) is 6.35. The van der Waals surface area contributed by atoms with E-state index in [0.717, 1.165) is 37.5 Å². The molecule has 7 nitrogen and oxygen atoms in total. The highest BCUT2D eigenvalue weighted by atomic mass is 32.1. The lowest BCUT2D eigenvalue weighted by molar-refractivity contribution is -0.122. The molecule has 1 aromatic heterocycles. The number of amides is 2. The molecule has 2 fully saturated rings. The van der Waals surface area contributed by atoms with Crippen LogP contribution in [0, 0.1) is 6.92 Å². The zero-order valence-electron chi connectivity index (χ0n) is 12.0. The fraction of sp³-hybridized carbons (Fsp3) is 0.692. The second-order valence-electron chi connectivity index (χ2n) is 5.60. The van der Waals surface area contributed by atoms with Crippen LogP contribution in [-0.4, -0.2) is 70.0 Å². The minimum absolute atomic E-state index is 0.00424. The lowest BCUT2D eigenvalue weighted by Crippen LogP contribution is -2.51. The Morgan fingerprint density at radius 2 is 2.00 bits per heavy atom. The highest BCUT2D eigenvalue weighted by Gasteiger charge is 2.27. The van der Waals surface area contributed by atoms with Crippen molar-refractivity contribution in [2.24, 2.45) is 0 Å². The highest BCUT2D eigenvalue weighted by Crippen LogP contribution is 2.18. The van der Waals surface area contributed by atoms with Crippen molar-refractivity contribution in [2.75, 3.05) is 32.7 Å². The summed E-state index contributed by atoms with van der Waals surface area (Å²) in [5.41, 5.74) is 0.691. The van der Waals surface area contributed by atoms with Gasteiger partial charge in [0.15, 0.2) is 0 Å². The molecule has 2 amide bonds. The Morgan fingerprint density at radius 3 is 2.57 bits per heavy atom. The summed E-state index contributed by atoms with van der Waals surface area (Å²) in [6.07, 6.45) is 2.21. The highest BCUT2D eigenvalue weighted by molar-refractivity contribution is 7.07. The lowest BCUT2D eigenvalue weighted by atomic mass is 10.2. The molecule has 0 spiro atoms. The molecular formula is C13H19N5O2S. The van der Waals surface area contributed by atoms with Crippen LogP contribution in [0.3, 0.4) is 0 Å². The summed E-state index contributed by atoms with van der Waals surface area (Å²) in [6, 6.07) is 0.405. The predicted octanol–water partition coefficient (Wildman–Crippen LogP) is -0.117. The Balaban J connectivity index is 1.47. The lowest BCUT2D eigenvalue weighted by Gasteiger charge is -2.34. The van der Waals surface area contributed by atoms with Crippen LogP contribution in [0.4, 0.5) is 0 Å². The SMILES string of the molecule is Cc1nnsc1C(=O)N1CCN(CC(=O)NC2CC2)CC1. The number of rotatable bonds is 4. The van der Waals surface area contributed by atoms with Crippen molar-refractivity contribution in [1.82, 2.24) is 24.7 Å². The van der Waals surface area contributed by atoms with Crippen LogP contribution >= 0.6 is 11.5 Å². The van der Waals surface area contributed by atoms with Gasteiger partial charge in [-0.3, -0.25) is 14.5 Å². The molecule has 1 saturated carbocycles. The number of hydrogen-bond acceptors (Lipinski definition) is 6. The number of nitrogens with zero attached hydrogens (tertiary/aromatic N) is 4. The normalized spacial score (nSPS) is 19.6. The third-order valence-corrected chi connectivity index (χ3v) is 4.63. The molecular weight excluding hydrogens is 290 g/mol. The van der Waals surface area contributed by atoms with E-state index in [1.54, 1.807) is 6.92 Å². The van der Waals surface area contributed by atoms with E-state index >= 15 is 0 Å². The van der Waals surface area contributed by atoms with E-state index in [4.69, 9.17) is 0 Å². The van der Waals surface area contributed by atoms with Crippen LogP contribution in [0.25, 0.3) is 0 Å². The first kappa shape index (κ1) is 14.4. The number of hydrogen-bond donors (Lipinski definition) is 1. The molecule has 1 aromatic rings. The number of nitrogens with one attached hydrogen (secondary N) is 1. The van der Waals surface area contributed by atoms with Crippen LogP contribution in [-0.2, 0) is 4.79 Å². The van der Waals surface area contributed by atoms with Crippen molar-refractivity contribution in [3.63, 3.8) is 0 Å². The average Bonchev–Trinajstić information content (AvgIpc) is 3.17. The summed E-state index contributed by atoms with van der Waals surface area (Å²) in [7, 11) is 0. The molecule has 0 radical (unpaired) electrons. The molecule has 0 atom stereocenters. The van der Waals surface area contributed by atoms with Gasteiger partial charge >= 0.3 is 0 Å². The van der Waals surface area contributed by atoms with Gasteiger partial charge in [-0.15, -0.1) is 5.10 Å². The van der Waals surface area contributed by atoms with Gasteiger partial charge in [0.2, 0.25) is 5.91 Å². The van der Waals surface area contributed by atoms with Crippen molar-refractivity contribution in [3.05, 3.63) is 10.6 Å². The van der Waals surface area contributed by atoms with E-state index in [2.05, 4.69) is 19.8 Å². The van der Waals surface area contributed by atoms with Crippen LogP contribution in [0.2, 0.25) is 0 Å². The number of aryl methyl sites for hydroxylation is 1. The zero-order chi connectivity index (χ0) is 14.8. The van der Waals surface area contributed by atoms with E-state index in [1.807, 2.05) is 4.90 Å². The molecule has 2 heterocycles. The van der Waals surface area contributed by atoms with Gasteiger partial charge < -0.3 is 10.2 Å². The quantitative estimate of drug-likeness (QED) is 0.839. The van der Waals surface area contributed by atoms with E-state index < -0.39 is 0 Å². The third kappa shape index (κ3) is 3.56. The topological polar surface area (TPSA) is 78.4 Å². The number of aromatic nitrogens is 2. The summed E-state index contributed by atoms with van der Waals surface area (Å²) in [5, 5.41) is 6.87. The van der Waals surface area contributed by atoms with E-state index in [9.17, 15) is 9.59 Å². The van der Waals surface area contributed by atoms with E-state index in [0.29, 0.717) is 36.2 Å². The Hall–Kier alpha value is -1.54. The van der Waals surface area contributed by atoms with Crippen LogP contribution in [0.15, 0.2) is 0 Å². The first-order valence-electron chi connectivity index (χ1n) is 7.23. The fourth-order valence-corrected chi connectivity index (χ4v) is 3.01. The summed E-state index contributed by atoms with van der Waals surface area (Å²) in [5.74, 6) is 0.101. The van der Waals surface area contributed by atoms with Gasteiger partial charge in [0.1, 0.15) is 4.88 Å². The predicted molar refractivity (Wildman–Crippen MR) is 78.2 cm³/mol. The minimum Gasteiger partial charge on any atom is -0.352 e. The molecule has 1 saturated heterocycles. The van der Waals surface area contributed by atoms with E-state index in [1.165, 1.54) is 0 Å². The molecule has 1 N–H and O–H groups in total. The molecule has 1 aliphatic carbocycles. The summed E-state index contributed by atoms with van der Waals surface area (Å²) < 4.78 is 3.81. The van der Waals surface area contributed by atoms with Crippen LogP contribution in [0.1, 0.15) is 28.2 Å². The van der Waals surface area contributed by atoms with Gasteiger partial charge in [0, 0.05) is 32.2 Å². The number of carbonyl (C=O) groups is 2. The molecule has 1 aliphatic heterocycles. The van der Waals surface area contributed by atoms with Gasteiger partial charge in [-0.05, 0) is 31.3 Å². The molecule has 2 aliphatic rings. The standard InChI is InChI=1S/C13H19N5O2S/c1-9-12(21-16-15-9)13(20)18-6-4-17(5-7-18)8-11(19)14-10-2-3-10/h10H,2-8H2,1H3,(H,14,19). The number of carbonyl (C=O) groups excluding carboxylic acids is 2. The zero-order valence-corrected chi connectivity index (χ0v) is 12.9. The van der Waals surface area contributed by atoms with Crippen molar-refractivity contribution >= 4 is 23.3 Å². The second kappa shape index (κ2) is 6.07.